The SMILES string of the molecule is CC1CCC(C(C)C)C(OCCn2cc(N)ccc2=O)C1. The third-order valence-corrected chi connectivity index (χ3v) is 4.63. The van der Waals surface area contributed by atoms with Crippen LogP contribution in [0.25, 0.3) is 0 Å². The normalized spacial score (nSPS) is 26.2. The van der Waals surface area contributed by atoms with Gasteiger partial charge >= 0.3 is 0 Å². The second kappa shape index (κ2) is 7.12. The highest BCUT2D eigenvalue weighted by atomic mass is 16.5. The first-order valence-corrected chi connectivity index (χ1v) is 8.05. The first-order valence-electron chi connectivity index (χ1n) is 8.05. The summed E-state index contributed by atoms with van der Waals surface area (Å²) < 4.78 is 7.76. The number of hydrogen-bond acceptors (Lipinski definition) is 3. The molecule has 4 nitrogen and oxygen atoms in total. The summed E-state index contributed by atoms with van der Waals surface area (Å²) in [5.41, 5.74) is 6.31. The average molecular weight is 292 g/mol. The number of nitrogens with two attached hydrogens (primary N) is 1. The minimum atomic E-state index is -0.0229. The van der Waals surface area contributed by atoms with E-state index in [0.29, 0.717) is 36.8 Å². The van der Waals surface area contributed by atoms with E-state index >= 15 is 0 Å². The second-order valence-electron chi connectivity index (χ2n) is 6.73. The second-order valence-corrected chi connectivity index (χ2v) is 6.73. The maximum Gasteiger partial charge on any atom is 0.250 e. The van der Waals surface area contributed by atoms with Gasteiger partial charge in [-0.15, -0.1) is 0 Å². The highest BCUT2D eigenvalue weighted by Gasteiger charge is 2.31. The largest absolute Gasteiger partial charge is 0.398 e. The molecule has 1 aliphatic carbocycles. The maximum absolute atomic E-state index is 11.7. The molecule has 1 aromatic heterocycles. The molecule has 0 aromatic carbocycles. The summed E-state index contributed by atoms with van der Waals surface area (Å²) in [5, 5.41) is 0. The van der Waals surface area contributed by atoms with Gasteiger partial charge in [0.25, 0.3) is 5.56 Å². The van der Waals surface area contributed by atoms with E-state index in [2.05, 4.69) is 20.8 Å². The molecular formula is C17H28N2O2. The molecule has 3 atom stereocenters. The Balaban J connectivity index is 1.91. The van der Waals surface area contributed by atoms with Crippen LogP contribution in [0.15, 0.2) is 23.1 Å². The van der Waals surface area contributed by atoms with Crippen LogP contribution in [0.5, 0.6) is 0 Å². The van der Waals surface area contributed by atoms with Crippen LogP contribution in [0.3, 0.4) is 0 Å². The van der Waals surface area contributed by atoms with Gasteiger partial charge < -0.3 is 15.0 Å². The summed E-state index contributed by atoms with van der Waals surface area (Å²) in [6.45, 7) is 8.00. The molecule has 1 aromatic rings. The van der Waals surface area contributed by atoms with Gasteiger partial charge in [-0.2, -0.15) is 0 Å². The number of rotatable bonds is 5. The van der Waals surface area contributed by atoms with Gasteiger partial charge in [0.1, 0.15) is 0 Å². The van der Waals surface area contributed by atoms with Gasteiger partial charge in [-0.1, -0.05) is 27.2 Å². The van der Waals surface area contributed by atoms with Crippen molar-refractivity contribution in [3.8, 4) is 0 Å². The Morgan fingerprint density at radius 3 is 2.86 bits per heavy atom. The molecule has 1 aliphatic rings. The monoisotopic (exact) mass is 292 g/mol. The van der Waals surface area contributed by atoms with E-state index in [0.717, 1.165) is 12.3 Å². The van der Waals surface area contributed by atoms with Crippen LogP contribution in [0.2, 0.25) is 0 Å². The van der Waals surface area contributed by atoms with Gasteiger partial charge in [0.05, 0.1) is 12.7 Å². The van der Waals surface area contributed by atoms with Crippen LogP contribution < -0.4 is 11.3 Å². The molecule has 0 saturated heterocycles. The molecule has 1 heterocycles. The first kappa shape index (κ1) is 16.1. The van der Waals surface area contributed by atoms with E-state index in [1.165, 1.54) is 18.9 Å². The Kier molecular flexibility index (Phi) is 5.45. The Morgan fingerprint density at radius 1 is 1.38 bits per heavy atom. The van der Waals surface area contributed by atoms with Crippen molar-refractivity contribution >= 4 is 5.69 Å². The smallest absolute Gasteiger partial charge is 0.250 e. The molecule has 3 unspecified atom stereocenters. The van der Waals surface area contributed by atoms with Gasteiger partial charge in [0.2, 0.25) is 0 Å². The Hall–Kier alpha value is -1.29. The van der Waals surface area contributed by atoms with Crippen molar-refractivity contribution in [3.63, 3.8) is 0 Å². The number of hydrogen-bond donors (Lipinski definition) is 1. The van der Waals surface area contributed by atoms with Gasteiger partial charge in [-0.3, -0.25) is 4.79 Å². The zero-order valence-corrected chi connectivity index (χ0v) is 13.4. The lowest BCUT2D eigenvalue weighted by Gasteiger charge is -2.37. The molecular weight excluding hydrogens is 264 g/mol. The number of pyridine rings is 1. The van der Waals surface area contributed by atoms with Crippen molar-refractivity contribution in [3.05, 3.63) is 28.7 Å². The topological polar surface area (TPSA) is 57.2 Å². The van der Waals surface area contributed by atoms with E-state index in [1.54, 1.807) is 16.8 Å². The highest BCUT2D eigenvalue weighted by Crippen LogP contribution is 2.35. The van der Waals surface area contributed by atoms with Gasteiger partial charge in [0, 0.05) is 24.5 Å². The molecule has 2 rings (SSSR count). The summed E-state index contributed by atoms with van der Waals surface area (Å²) in [6.07, 6.45) is 5.70. The molecule has 1 fully saturated rings. The predicted octanol–water partition coefficient (Wildman–Crippen LogP) is 2.91. The Bertz CT molecular complexity index is 510. The molecule has 118 valence electrons. The summed E-state index contributed by atoms with van der Waals surface area (Å²) in [5.74, 6) is 2.02. The zero-order chi connectivity index (χ0) is 15.4. The third-order valence-electron chi connectivity index (χ3n) is 4.63. The highest BCUT2D eigenvalue weighted by molar-refractivity contribution is 5.33. The predicted molar refractivity (Wildman–Crippen MR) is 86.2 cm³/mol. The fraction of sp³-hybridized carbons (Fsp3) is 0.706. The summed E-state index contributed by atoms with van der Waals surface area (Å²) in [6, 6.07) is 3.15. The summed E-state index contributed by atoms with van der Waals surface area (Å²) in [4.78, 5) is 11.7. The van der Waals surface area contributed by atoms with Crippen molar-refractivity contribution in [2.24, 2.45) is 17.8 Å². The number of anilines is 1. The van der Waals surface area contributed by atoms with Crippen LogP contribution in [0.4, 0.5) is 5.69 Å². The van der Waals surface area contributed by atoms with Crippen LogP contribution in [0, 0.1) is 17.8 Å². The van der Waals surface area contributed by atoms with E-state index in [4.69, 9.17) is 10.5 Å². The Morgan fingerprint density at radius 2 is 2.14 bits per heavy atom. The van der Waals surface area contributed by atoms with Crippen LogP contribution in [-0.4, -0.2) is 17.3 Å². The lowest BCUT2D eigenvalue weighted by molar-refractivity contribution is -0.0410. The van der Waals surface area contributed by atoms with Crippen molar-refractivity contribution in [2.75, 3.05) is 12.3 Å². The van der Waals surface area contributed by atoms with E-state index < -0.39 is 0 Å². The molecule has 0 aliphatic heterocycles. The van der Waals surface area contributed by atoms with Crippen molar-refractivity contribution < 1.29 is 4.74 Å². The summed E-state index contributed by atoms with van der Waals surface area (Å²) in [7, 11) is 0. The van der Waals surface area contributed by atoms with Crippen LogP contribution >= 0.6 is 0 Å². The quantitative estimate of drug-likeness (QED) is 0.908. The number of aromatic nitrogens is 1. The zero-order valence-electron chi connectivity index (χ0n) is 13.4. The van der Waals surface area contributed by atoms with E-state index in [-0.39, 0.29) is 5.56 Å². The van der Waals surface area contributed by atoms with Gasteiger partial charge in [-0.25, -0.2) is 0 Å². The number of nitrogen functional groups attached to an aromatic ring is 1. The lowest BCUT2D eigenvalue weighted by atomic mass is 9.75. The fourth-order valence-electron chi connectivity index (χ4n) is 3.33. The van der Waals surface area contributed by atoms with Crippen molar-refractivity contribution in [1.29, 1.82) is 0 Å². The van der Waals surface area contributed by atoms with Crippen molar-refractivity contribution in [2.45, 2.75) is 52.7 Å². The molecule has 21 heavy (non-hydrogen) atoms. The van der Waals surface area contributed by atoms with Crippen molar-refractivity contribution in [1.82, 2.24) is 4.57 Å². The van der Waals surface area contributed by atoms with Crippen LogP contribution in [-0.2, 0) is 11.3 Å². The number of nitrogens with zero attached hydrogens (tertiary/aromatic N) is 1. The van der Waals surface area contributed by atoms with Gasteiger partial charge in [0.15, 0.2) is 0 Å². The molecule has 2 N–H and O–H groups in total. The van der Waals surface area contributed by atoms with Crippen LogP contribution in [0.1, 0.15) is 40.0 Å². The molecule has 0 radical (unpaired) electrons. The maximum atomic E-state index is 11.7. The van der Waals surface area contributed by atoms with E-state index in [1.807, 2.05) is 0 Å². The lowest BCUT2D eigenvalue weighted by Crippen LogP contribution is -2.35. The molecule has 0 amide bonds. The first-order chi connectivity index (χ1) is 9.97. The standard InChI is InChI=1S/C17H28N2O2/c1-12(2)15-6-4-13(3)10-16(15)21-9-8-19-11-14(18)5-7-17(19)20/h5,7,11-13,15-16H,4,6,8-10,18H2,1-3H3. The number of ether oxygens (including phenoxy) is 1. The third kappa shape index (κ3) is 4.34. The summed E-state index contributed by atoms with van der Waals surface area (Å²) >= 11 is 0. The minimum absolute atomic E-state index is 0.0229. The van der Waals surface area contributed by atoms with E-state index in [9.17, 15) is 4.79 Å². The molecule has 0 bridgehead atoms. The minimum Gasteiger partial charge on any atom is -0.398 e. The van der Waals surface area contributed by atoms with Gasteiger partial charge in [-0.05, 0) is 36.7 Å². The Labute approximate surface area is 127 Å². The molecule has 1 saturated carbocycles. The fourth-order valence-corrected chi connectivity index (χ4v) is 3.33. The molecule has 0 spiro atoms. The average Bonchev–Trinajstić information content (AvgIpc) is 2.42. The molecule has 4 heteroatoms.